The van der Waals surface area contributed by atoms with Crippen LogP contribution in [0.1, 0.15) is 53.7 Å². The lowest BCUT2D eigenvalue weighted by atomic mass is 9.79. The van der Waals surface area contributed by atoms with E-state index in [0.717, 1.165) is 56.6 Å². The summed E-state index contributed by atoms with van der Waals surface area (Å²) in [7, 11) is 0. The number of ether oxygens (including phenoxy) is 1. The van der Waals surface area contributed by atoms with Crippen molar-refractivity contribution in [3.05, 3.63) is 57.2 Å². The highest BCUT2D eigenvalue weighted by molar-refractivity contribution is 6.42. The van der Waals surface area contributed by atoms with Gasteiger partial charge in [0, 0.05) is 30.8 Å². The van der Waals surface area contributed by atoms with Gasteiger partial charge >= 0.3 is 5.97 Å². The van der Waals surface area contributed by atoms with Crippen molar-refractivity contribution in [2.45, 2.75) is 57.1 Å². The molecule has 1 aromatic carbocycles. The predicted molar refractivity (Wildman–Crippen MR) is 132 cm³/mol. The average molecular weight is 506 g/mol. The summed E-state index contributed by atoms with van der Waals surface area (Å²) < 4.78 is 5.86. The van der Waals surface area contributed by atoms with Crippen molar-refractivity contribution >= 4 is 40.9 Å². The first-order valence-corrected chi connectivity index (χ1v) is 12.5. The average Bonchev–Trinajstić information content (AvgIpc) is 2.80. The molecule has 34 heavy (non-hydrogen) atoms. The second kappa shape index (κ2) is 11.4. The van der Waals surface area contributed by atoms with Crippen LogP contribution in [-0.4, -0.2) is 47.3 Å². The Bertz CT molecular complexity index is 1040. The fourth-order valence-corrected chi connectivity index (χ4v) is 4.69. The van der Waals surface area contributed by atoms with E-state index in [1.54, 1.807) is 0 Å². The van der Waals surface area contributed by atoms with Crippen LogP contribution < -0.4 is 10.6 Å². The van der Waals surface area contributed by atoms with Crippen LogP contribution in [0.4, 0.5) is 5.82 Å². The summed E-state index contributed by atoms with van der Waals surface area (Å²) in [5.74, 6) is 0.0226. The number of nitrogens with one attached hydrogen (secondary N) is 2. The number of carbonyl (C=O) groups is 2. The molecular weight excluding hydrogens is 477 g/mol. The highest BCUT2D eigenvalue weighted by Gasteiger charge is 2.30. The number of carbonyl (C=O) groups excluding carboxylic acids is 1. The van der Waals surface area contributed by atoms with Crippen molar-refractivity contribution in [3.63, 3.8) is 0 Å². The van der Waals surface area contributed by atoms with Crippen LogP contribution in [0.25, 0.3) is 0 Å². The Hall–Kier alpha value is -2.35. The van der Waals surface area contributed by atoms with Crippen molar-refractivity contribution in [1.82, 2.24) is 10.3 Å². The number of amides is 1. The number of rotatable bonds is 10. The first-order chi connectivity index (χ1) is 16.4. The van der Waals surface area contributed by atoms with E-state index in [0.29, 0.717) is 10.9 Å². The highest BCUT2D eigenvalue weighted by atomic mass is 35.5. The van der Waals surface area contributed by atoms with E-state index in [1.165, 1.54) is 23.8 Å². The number of carboxylic acids is 1. The fraction of sp³-hybridized carbons (Fsp3) is 0.480. The zero-order valence-corrected chi connectivity index (χ0v) is 20.4. The molecule has 4 rings (SSSR count). The minimum absolute atomic E-state index is 0.142. The van der Waals surface area contributed by atoms with Crippen LogP contribution in [0.3, 0.4) is 0 Å². The van der Waals surface area contributed by atoms with E-state index < -0.39 is 17.9 Å². The maximum absolute atomic E-state index is 12.4. The smallest absolute Gasteiger partial charge is 0.326 e. The van der Waals surface area contributed by atoms with E-state index in [1.807, 2.05) is 0 Å². The van der Waals surface area contributed by atoms with E-state index >= 15 is 0 Å². The Kier molecular flexibility index (Phi) is 8.29. The SMILES string of the molecule is O=C(NC(CCO[C@H]1C[C@H](CCc2ccc3c(n2)NCCC3)C1)C(=O)O)c1ccc(Cl)c(Cl)c1. The molecule has 1 aliphatic heterocycles. The molecule has 0 saturated heterocycles. The number of aryl methyl sites for hydroxylation is 2. The second-order valence-electron chi connectivity index (χ2n) is 8.99. The van der Waals surface area contributed by atoms with Crippen molar-refractivity contribution in [1.29, 1.82) is 0 Å². The lowest BCUT2D eigenvalue weighted by Crippen LogP contribution is -2.42. The Labute approximate surface area is 209 Å². The number of hydrogen-bond acceptors (Lipinski definition) is 5. The van der Waals surface area contributed by atoms with E-state index in [2.05, 4.69) is 22.8 Å². The molecule has 0 bridgehead atoms. The summed E-state index contributed by atoms with van der Waals surface area (Å²) in [5.41, 5.74) is 2.69. The topological polar surface area (TPSA) is 101 Å². The molecule has 1 atom stereocenters. The maximum Gasteiger partial charge on any atom is 0.326 e. The summed E-state index contributed by atoms with van der Waals surface area (Å²) >= 11 is 11.8. The van der Waals surface area contributed by atoms with Gasteiger partial charge in [-0.15, -0.1) is 0 Å². The number of anilines is 1. The Morgan fingerprint density at radius 2 is 2.03 bits per heavy atom. The second-order valence-corrected chi connectivity index (χ2v) is 9.81. The van der Waals surface area contributed by atoms with Gasteiger partial charge in [-0.05, 0) is 74.3 Å². The molecule has 2 aliphatic rings. The number of halogens is 2. The minimum Gasteiger partial charge on any atom is -0.480 e. The van der Waals surface area contributed by atoms with Gasteiger partial charge in [0.05, 0.1) is 16.1 Å². The zero-order valence-electron chi connectivity index (χ0n) is 18.9. The van der Waals surface area contributed by atoms with Gasteiger partial charge in [0.25, 0.3) is 5.91 Å². The molecule has 1 aromatic heterocycles. The molecule has 7 nitrogen and oxygen atoms in total. The normalized spacial score (nSPS) is 19.9. The van der Waals surface area contributed by atoms with E-state index in [4.69, 9.17) is 32.9 Å². The molecule has 2 aromatic rings. The quantitative estimate of drug-likeness (QED) is 0.430. The number of fused-ring (bicyclic) bond motifs is 1. The third-order valence-corrected chi connectivity index (χ3v) is 7.24. The molecule has 3 N–H and O–H groups in total. The van der Waals surface area contributed by atoms with Gasteiger partial charge in [0.15, 0.2) is 0 Å². The van der Waals surface area contributed by atoms with Gasteiger partial charge in [-0.25, -0.2) is 9.78 Å². The number of aromatic nitrogens is 1. The standard InChI is InChI=1S/C25H29Cl2N3O4/c26-20-8-5-17(14-21(20)27)24(31)30-22(25(32)33)9-11-34-19-12-15(13-19)3-6-18-7-4-16-2-1-10-28-23(16)29-18/h4-5,7-8,14-15,19,22H,1-3,6,9-13H2,(H,28,29)(H,30,31)(H,32,33)/t15-,19-,22?. The van der Waals surface area contributed by atoms with Gasteiger partial charge in [0.1, 0.15) is 11.9 Å². The van der Waals surface area contributed by atoms with Crippen LogP contribution in [0.5, 0.6) is 0 Å². The van der Waals surface area contributed by atoms with Crippen LogP contribution in [0.2, 0.25) is 10.0 Å². The molecule has 1 unspecified atom stereocenters. The number of benzene rings is 1. The monoisotopic (exact) mass is 505 g/mol. The maximum atomic E-state index is 12.4. The minimum atomic E-state index is -1.10. The van der Waals surface area contributed by atoms with Gasteiger partial charge in [-0.3, -0.25) is 4.79 Å². The van der Waals surface area contributed by atoms with Crippen LogP contribution in [0.15, 0.2) is 30.3 Å². The van der Waals surface area contributed by atoms with Gasteiger partial charge in [-0.1, -0.05) is 29.3 Å². The number of pyridine rings is 1. The van der Waals surface area contributed by atoms with Crippen LogP contribution >= 0.6 is 23.2 Å². The molecule has 1 aliphatic carbocycles. The number of carboxylic acid groups (broad SMARTS) is 1. The molecule has 182 valence electrons. The lowest BCUT2D eigenvalue weighted by Gasteiger charge is -2.35. The molecule has 2 heterocycles. The summed E-state index contributed by atoms with van der Waals surface area (Å²) in [6.45, 7) is 1.26. The van der Waals surface area contributed by atoms with Gasteiger partial charge in [0.2, 0.25) is 0 Å². The Morgan fingerprint density at radius 3 is 2.79 bits per heavy atom. The Balaban J connectivity index is 1.15. The molecule has 9 heteroatoms. The first-order valence-electron chi connectivity index (χ1n) is 11.7. The van der Waals surface area contributed by atoms with Crippen molar-refractivity contribution in [3.8, 4) is 0 Å². The van der Waals surface area contributed by atoms with Crippen LogP contribution in [-0.2, 0) is 22.4 Å². The molecule has 1 saturated carbocycles. The molecule has 1 fully saturated rings. The lowest BCUT2D eigenvalue weighted by molar-refractivity contribution is -0.140. The van der Waals surface area contributed by atoms with Gasteiger partial charge in [-0.2, -0.15) is 0 Å². The van der Waals surface area contributed by atoms with Crippen molar-refractivity contribution < 1.29 is 19.4 Å². The molecule has 0 radical (unpaired) electrons. The summed E-state index contributed by atoms with van der Waals surface area (Å²) in [4.78, 5) is 28.7. The first kappa shape index (κ1) is 24.8. The molecule has 1 amide bonds. The van der Waals surface area contributed by atoms with Crippen molar-refractivity contribution in [2.75, 3.05) is 18.5 Å². The zero-order chi connectivity index (χ0) is 24.1. The predicted octanol–water partition coefficient (Wildman–Crippen LogP) is 4.75. The molecule has 0 spiro atoms. The number of aliphatic carboxylic acids is 1. The molecular formula is C25H29Cl2N3O4. The largest absolute Gasteiger partial charge is 0.480 e. The Morgan fingerprint density at radius 1 is 1.21 bits per heavy atom. The summed E-state index contributed by atoms with van der Waals surface area (Å²) in [6.07, 6.45) is 6.55. The number of hydrogen-bond donors (Lipinski definition) is 3. The summed E-state index contributed by atoms with van der Waals surface area (Å²) in [6, 6.07) is 7.71. The third kappa shape index (κ3) is 6.40. The highest BCUT2D eigenvalue weighted by Crippen LogP contribution is 2.34. The van der Waals surface area contributed by atoms with E-state index in [-0.39, 0.29) is 29.7 Å². The van der Waals surface area contributed by atoms with E-state index in [9.17, 15) is 14.7 Å². The van der Waals surface area contributed by atoms with Gasteiger partial charge < -0.3 is 20.5 Å². The third-order valence-electron chi connectivity index (χ3n) is 6.50. The van der Waals surface area contributed by atoms with Crippen molar-refractivity contribution in [2.24, 2.45) is 5.92 Å². The van der Waals surface area contributed by atoms with Crippen LogP contribution in [0, 0.1) is 5.92 Å². The fourth-order valence-electron chi connectivity index (χ4n) is 4.40. The number of nitrogens with zero attached hydrogens (tertiary/aromatic N) is 1. The summed E-state index contributed by atoms with van der Waals surface area (Å²) in [5, 5.41) is 15.9.